The zero-order valence-corrected chi connectivity index (χ0v) is 20.8. The second kappa shape index (κ2) is 8.79. The first-order chi connectivity index (χ1) is 18.2. The van der Waals surface area contributed by atoms with Crippen LogP contribution in [0.2, 0.25) is 5.02 Å². The van der Waals surface area contributed by atoms with E-state index in [1.54, 1.807) is 24.3 Å². The number of thiophene rings is 1. The van der Waals surface area contributed by atoms with Gasteiger partial charge in [-0.05, 0) is 48.6 Å². The molecule has 0 amide bonds. The first-order valence-corrected chi connectivity index (χ1v) is 12.6. The summed E-state index contributed by atoms with van der Waals surface area (Å²) in [6.07, 6.45) is -0.767. The number of aromatic hydroxyl groups is 1. The first-order valence-electron chi connectivity index (χ1n) is 11.4. The monoisotopic (exact) mass is 553 g/mol. The fraction of sp³-hybridized carbons (Fsp3) is 0.192. The summed E-state index contributed by atoms with van der Waals surface area (Å²) in [6.45, 7) is -0.143. The van der Waals surface area contributed by atoms with Gasteiger partial charge in [0, 0.05) is 28.9 Å². The predicted octanol–water partition coefficient (Wildman–Crippen LogP) is 6.24. The van der Waals surface area contributed by atoms with Gasteiger partial charge in [-0.3, -0.25) is 9.36 Å². The highest BCUT2D eigenvalue weighted by Crippen LogP contribution is 2.45. The van der Waals surface area contributed by atoms with E-state index in [0.717, 1.165) is 42.1 Å². The third kappa shape index (κ3) is 4.06. The van der Waals surface area contributed by atoms with Gasteiger partial charge in [-0.1, -0.05) is 17.7 Å². The average molecular weight is 554 g/mol. The molecule has 0 saturated heterocycles. The number of nitriles is 1. The fourth-order valence-corrected chi connectivity index (χ4v) is 5.79. The number of benzene rings is 2. The van der Waals surface area contributed by atoms with Crippen molar-refractivity contribution < 1.29 is 18.3 Å². The number of hydrogen-bond acceptors (Lipinski definition) is 7. The summed E-state index contributed by atoms with van der Waals surface area (Å²) in [5.74, 6) is -0.931. The molecule has 0 unspecified atom stereocenters. The Morgan fingerprint density at radius 2 is 1.92 bits per heavy atom. The number of nitrogens with zero attached hydrogens (tertiary/aromatic N) is 5. The zero-order valence-electron chi connectivity index (χ0n) is 19.3. The number of hydrogen-bond donors (Lipinski definition) is 1. The minimum Gasteiger partial charge on any atom is -0.505 e. The van der Waals surface area contributed by atoms with E-state index in [9.17, 15) is 28.3 Å². The molecular formula is C26H15ClF3N5O2S. The van der Waals surface area contributed by atoms with Crippen LogP contribution in [0, 0.1) is 11.3 Å². The van der Waals surface area contributed by atoms with E-state index in [-0.39, 0.29) is 34.2 Å². The Hall–Kier alpha value is -4.01. The van der Waals surface area contributed by atoms with Crippen molar-refractivity contribution >= 4 is 43.2 Å². The van der Waals surface area contributed by atoms with E-state index in [2.05, 4.69) is 16.0 Å². The van der Waals surface area contributed by atoms with Crippen LogP contribution in [0.3, 0.4) is 0 Å². The van der Waals surface area contributed by atoms with E-state index >= 15 is 0 Å². The lowest BCUT2D eigenvalue weighted by molar-refractivity contribution is -0.145. The Morgan fingerprint density at radius 3 is 2.58 bits per heavy atom. The Labute approximate surface area is 221 Å². The molecule has 2 aromatic carbocycles. The molecule has 3 heterocycles. The third-order valence-electron chi connectivity index (χ3n) is 6.42. The smallest absolute Gasteiger partial charge is 0.451 e. The lowest BCUT2D eigenvalue weighted by atomic mass is 9.99. The van der Waals surface area contributed by atoms with Gasteiger partial charge in [-0.15, -0.1) is 11.3 Å². The van der Waals surface area contributed by atoms with Crippen molar-refractivity contribution in [2.45, 2.75) is 31.5 Å². The molecule has 0 atom stereocenters. The minimum absolute atomic E-state index is 0.134. The standard InChI is InChI=1S/C26H15ClF3N5O2S/c27-18-6-5-16-19-23(38-21(16)20(18)36)34-22(15-4-1-12(8-31)7-17(15)14-2-3-14)35(24(19)37)11-13-9-32-25(33-10-13)26(28,29)30/h1,4-7,9-10,14,36H,2-3,11H2. The molecule has 0 aliphatic heterocycles. The van der Waals surface area contributed by atoms with Gasteiger partial charge in [0.25, 0.3) is 5.56 Å². The lowest BCUT2D eigenvalue weighted by Crippen LogP contribution is -2.24. The van der Waals surface area contributed by atoms with Crippen LogP contribution in [-0.2, 0) is 12.7 Å². The van der Waals surface area contributed by atoms with Crippen LogP contribution in [0.25, 0.3) is 31.7 Å². The summed E-state index contributed by atoms with van der Waals surface area (Å²) in [7, 11) is 0. The second-order valence-corrected chi connectivity index (χ2v) is 10.4. The van der Waals surface area contributed by atoms with Crippen molar-refractivity contribution in [1.29, 1.82) is 5.26 Å². The molecule has 0 bridgehead atoms. The molecular weight excluding hydrogens is 539 g/mol. The molecule has 0 spiro atoms. The van der Waals surface area contributed by atoms with E-state index in [0.29, 0.717) is 31.9 Å². The summed E-state index contributed by atoms with van der Waals surface area (Å²) < 4.78 is 40.7. The number of alkyl halides is 3. The number of fused-ring (bicyclic) bond motifs is 3. The number of phenolic OH excluding ortho intramolecular Hbond substituents is 1. The summed E-state index contributed by atoms with van der Waals surface area (Å²) in [6, 6.07) is 10.4. The molecule has 6 rings (SSSR count). The topological polar surface area (TPSA) is 105 Å². The molecule has 1 N–H and O–H groups in total. The lowest BCUT2D eigenvalue weighted by Gasteiger charge is -2.16. The molecule has 1 saturated carbocycles. The molecule has 38 heavy (non-hydrogen) atoms. The summed E-state index contributed by atoms with van der Waals surface area (Å²) in [5, 5.41) is 20.8. The van der Waals surface area contributed by atoms with Gasteiger partial charge in [-0.2, -0.15) is 18.4 Å². The van der Waals surface area contributed by atoms with Crippen LogP contribution in [-0.4, -0.2) is 24.6 Å². The largest absolute Gasteiger partial charge is 0.505 e. The van der Waals surface area contributed by atoms with Gasteiger partial charge < -0.3 is 5.11 Å². The molecule has 1 aliphatic rings. The van der Waals surface area contributed by atoms with Crippen molar-refractivity contribution in [3.05, 3.63) is 80.6 Å². The second-order valence-electron chi connectivity index (χ2n) is 8.98. The number of aromatic nitrogens is 4. The number of rotatable bonds is 4. The molecule has 1 aliphatic carbocycles. The van der Waals surface area contributed by atoms with Gasteiger partial charge >= 0.3 is 6.18 Å². The van der Waals surface area contributed by atoms with Crippen LogP contribution in [0.5, 0.6) is 5.75 Å². The van der Waals surface area contributed by atoms with E-state index in [4.69, 9.17) is 16.6 Å². The Bertz CT molecular complexity index is 1850. The molecule has 12 heteroatoms. The quantitative estimate of drug-likeness (QED) is 0.282. The average Bonchev–Trinajstić information content (AvgIpc) is 3.67. The normalized spacial score (nSPS) is 13.8. The van der Waals surface area contributed by atoms with Gasteiger partial charge in [0.15, 0.2) is 5.75 Å². The van der Waals surface area contributed by atoms with E-state index in [1.165, 1.54) is 10.6 Å². The van der Waals surface area contributed by atoms with E-state index < -0.39 is 17.6 Å². The van der Waals surface area contributed by atoms with Crippen molar-refractivity contribution in [3.8, 4) is 23.2 Å². The van der Waals surface area contributed by atoms with Gasteiger partial charge in [0.05, 0.1) is 33.3 Å². The molecule has 190 valence electrons. The highest BCUT2D eigenvalue weighted by Gasteiger charge is 2.34. The molecule has 1 fully saturated rings. The Kier molecular flexibility index (Phi) is 5.63. The maximum Gasteiger partial charge on any atom is 0.451 e. The minimum atomic E-state index is -4.69. The van der Waals surface area contributed by atoms with Crippen molar-refractivity contribution in [1.82, 2.24) is 19.5 Å². The SMILES string of the molecule is N#Cc1ccc(-c2nc3sc4c(O)c(Cl)ccc4c3c(=O)n2Cc2cnc(C(F)(F)F)nc2)c(C2CC2)c1. The third-order valence-corrected chi connectivity index (χ3v) is 7.84. The van der Waals surface area contributed by atoms with Gasteiger partial charge in [0.1, 0.15) is 10.7 Å². The maximum absolute atomic E-state index is 14.0. The molecule has 5 aromatic rings. The predicted molar refractivity (Wildman–Crippen MR) is 136 cm³/mol. The molecule has 3 aromatic heterocycles. The van der Waals surface area contributed by atoms with Crippen molar-refractivity contribution in [3.63, 3.8) is 0 Å². The maximum atomic E-state index is 14.0. The Balaban J connectivity index is 1.62. The first kappa shape index (κ1) is 24.3. The van der Waals surface area contributed by atoms with Crippen LogP contribution in [0.1, 0.15) is 41.3 Å². The summed E-state index contributed by atoms with van der Waals surface area (Å²) >= 11 is 7.21. The van der Waals surface area contributed by atoms with Crippen LogP contribution >= 0.6 is 22.9 Å². The summed E-state index contributed by atoms with van der Waals surface area (Å²) in [4.78, 5) is 26.0. The van der Waals surface area contributed by atoms with Crippen LogP contribution in [0.4, 0.5) is 13.2 Å². The van der Waals surface area contributed by atoms with Crippen molar-refractivity contribution in [2.24, 2.45) is 0 Å². The number of halogens is 4. The Morgan fingerprint density at radius 1 is 1.18 bits per heavy atom. The highest BCUT2D eigenvalue weighted by molar-refractivity contribution is 7.25. The van der Waals surface area contributed by atoms with Crippen LogP contribution < -0.4 is 5.56 Å². The molecule has 7 nitrogen and oxygen atoms in total. The number of phenols is 1. The van der Waals surface area contributed by atoms with E-state index in [1.807, 2.05) is 0 Å². The fourth-order valence-electron chi connectivity index (χ4n) is 4.47. The highest BCUT2D eigenvalue weighted by atomic mass is 35.5. The van der Waals surface area contributed by atoms with Gasteiger partial charge in [0.2, 0.25) is 5.82 Å². The van der Waals surface area contributed by atoms with Gasteiger partial charge in [-0.25, -0.2) is 15.0 Å². The summed E-state index contributed by atoms with van der Waals surface area (Å²) in [5.41, 5.74) is 1.83. The van der Waals surface area contributed by atoms with Crippen molar-refractivity contribution in [2.75, 3.05) is 0 Å². The van der Waals surface area contributed by atoms with Crippen LogP contribution in [0.15, 0.2) is 47.5 Å². The zero-order chi connectivity index (χ0) is 26.8. The molecule has 0 radical (unpaired) electrons.